The van der Waals surface area contributed by atoms with Crippen molar-refractivity contribution in [2.75, 3.05) is 24.7 Å². The van der Waals surface area contributed by atoms with E-state index in [0.29, 0.717) is 43.0 Å². The van der Waals surface area contributed by atoms with Crippen LogP contribution < -0.4 is 4.90 Å². The number of piperazine rings is 1. The Balaban J connectivity index is 1.76. The van der Waals surface area contributed by atoms with Crippen molar-refractivity contribution in [3.05, 3.63) is 28.3 Å². The van der Waals surface area contributed by atoms with Gasteiger partial charge in [-0.05, 0) is 30.0 Å². The zero-order valence-electron chi connectivity index (χ0n) is 17.0. The first-order chi connectivity index (χ1) is 13.5. The number of rotatable bonds is 3. The van der Waals surface area contributed by atoms with Crippen LogP contribution in [0.3, 0.4) is 0 Å². The van der Waals surface area contributed by atoms with Gasteiger partial charge >= 0.3 is 6.03 Å². The Morgan fingerprint density at radius 1 is 1.31 bits per heavy atom. The van der Waals surface area contributed by atoms with Crippen molar-refractivity contribution in [1.29, 1.82) is 5.26 Å². The van der Waals surface area contributed by atoms with Crippen molar-refractivity contribution in [2.45, 2.75) is 46.2 Å². The van der Waals surface area contributed by atoms with E-state index in [1.54, 1.807) is 13.0 Å². The lowest BCUT2D eigenvalue weighted by Gasteiger charge is -2.34. The largest absolute Gasteiger partial charge is 0.433 e. The van der Waals surface area contributed by atoms with E-state index in [2.05, 4.69) is 0 Å². The summed E-state index contributed by atoms with van der Waals surface area (Å²) in [5.74, 6) is -0.267. The average molecular weight is 416 g/mol. The first-order valence-electron chi connectivity index (χ1n) is 9.71. The molecule has 0 aromatic heterocycles. The molecule has 152 valence electrons. The maximum atomic E-state index is 13.7. The second-order valence-corrected chi connectivity index (χ2v) is 9.86. The maximum Gasteiger partial charge on any atom is 0.433 e. The third-order valence-electron chi connectivity index (χ3n) is 6.26. The molecule has 2 bridgehead atoms. The number of amides is 3. The molecule has 3 amide bonds. The van der Waals surface area contributed by atoms with Gasteiger partial charge in [-0.25, -0.2) is 14.2 Å². The molecule has 8 heteroatoms. The van der Waals surface area contributed by atoms with Crippen LogP contribution in [0, 0.1) is 23.7 Å². The van der Waals surface area contributed by atoms with Gasteiger partial charge in [0.1, 0.15) is 12.7 Å². The van der Waals surface area contributed by atoms with Gasteiger partial charge < -0.3 is 0 Å². The number of fused-ring (bicyclic) bond motifs is 1. The minimum atomic E-state index is -0.570. The number of nitrogens with zero attached hydrogens (tertiary/aromatic N) is 4. The van der Waals surface area contributed by atoms with Gasteiger partial charge in [-0.2, -0.15) is 10.2 Å². The second-order valence-electron chi connectivity index (χ2n) is 9.48. The molecule has 0 N–H and O–H groups in total. The fourth-order valence-electron chi connectivity index (χ4n) is 4.97. The summed E-state index contributed by atoms with van der Waals surface area (Å²) in [5, 5.41) is 9.42. The Kier molecular flexibility index (Phi) is 4.39. The highest BCUT2D eigenvalue weighted by Crippen LogP contribution is 2.45. The van der Waals surface area contributed by atoms with E-state index in [9.17, 15) is 19.6 Å². The van der Waals surface area contributed by atoms with Crippen LogP contribution in [0.1, 0.15) is 38.3 Å². The SMILES string of the molecule is Cc1c(N2C(=O)C3CN4CC(C(=O)CC(C)(C)C)[N+]3(C4)C2=O)ccc(C#N)c1Cl. The number of carbonyl (C=O) groups is 3. The van der Waals surface area contributed by atoms with E-state index in [1.165, 1.54) is 11.0 Å². The molecule has 0 aliphatic carbocycles. The number of Topliss-reactive ketones (excluding diaryl/α,β-unsaturated/α-hetero) is 1. The van der Waals surface area contributed by atoms with E-state index >= 15 is 0 Å². The second kappa shape index (κ2) is 6.36. The monoisotopic (exact) mass is 415 g/mol. The summed E-state index contributed by atoms with van der Waals surface area (Å²) in [6.07, 6.45) is 0.363. The van der Waals surface area contributed by atoms with E-state index < -0.39 is 12.1 Å². The van der Waals surface area contributed by atoms with Crippen LogP contribution in [-0.4, -0.2) is 58.9 Å². The van der Waals surface area contributed by atoms with Crippen LogP contribution in [0.5, 0.6) is 0 Å². The third-order valence-corrected chi connectivity index (χ3v) is 6.74. The molecule has 4 rings (SSSR count). The van der Waals surface area contributed by atoms with E-state index in [-0.39, 0.29) is 32.6 Å². The topological polar surface area (TPSA) is 81.5 Å². The zero-order chi connectivity index (χ0) is 21.3. The fourth-order valence-corrected chi connectivity index (χ4v) is 5.17. The minimum absolute atomic E-state index is 0.0299. The third kappa shape index (κ3) is 2.74. The minimum Gasteiger partial charge on any atom is -0.293 e. The number of hydrogen-bond donors (Lipinski definition) is 0. The number of halogens is 1. The predicted octanol–water partition coefficient (Wildman–Crippen LogP) is 2.83. The summed E-state index contributed by atoms with van der Waals surface area (Å²) in [5.41, 5.74) is 1.02. The highest BCUT2D eigenvalue weighted by molar-refractivity contribution is 6.33. The first kappa shape index (κ1) is 20.0. The molecular weight excluding hydrogens is 392 g/mol. The summed E-state index contributed by atoms with van der Waals surface area (Å²) in [6, 6.07) is 3.66. The Morgan fingerprint density at radius 3 is 2.62 bits per heavy atom. The molecule has 3 aliphatic rings. The van der Waals surface area contributed by atoms with Gasteiger partial charge in [0.2, 0.25) is 0 Å². The molecule has 4 unspecified atom stereocenters. The predicted molar refractivity (Wildman–Crippen MR) is 107 cm³/mol. The highest BCUT2D eigenvalue weighted by Gasteiger charge is 2.73. The number of nitriles is 1. The molecule has 0 saturated carbocycles. The molecule has 3 aliphatic heterocycles. The normalized spacial score (nSPS) is 30.6. The lowest BCUT2D eigenvalue weighted by atomic mass is 9.86. The van der Waals surface area contributed by atoms with Crippen molar-refractivity contribution < 1.29 is 18.9 Å². The number of carbonyl (C=O) groups excluding carboxylic acids is 3. The quantitative estimate of drug-likeness (QED) is 0.560. The Labute approximate surface area is 175 Å². The van der Waals surface area contributed by atoms with Crippen molar-refractivity contribution in [3.63, 3.8) is 0 Å². The van der Waals surface area contributed by atoms with Crippen LogP contribution in [-0.2, 0) is 9.59 Å². The van der Waals surface area contributed by atoms with Gasteiger partial charge in [0.25, 0.3) is 5.91 Å². The molecule has 1 aromatic carbocycles. The van der Waals surface area contributed by atoms with Crippen LogP contribution in [0.15, 0.2) is 12.1 Å². The number of anilines is 1. The van der Waals surface area contributed by atoms with Gasteiger partial charge in [-0.15, -0.1) is 0 Å². The zero-order valence-corrected chi connectivity index (χ0v) is 17.8. The number of imide groups is 1. The molecule has 1 spiro atoms. The molecule has 0 radical (unpaired) electrons. The van der Waals surface area contributed by atoms with Crippen LogP contribution in [0.25, 0.3) is 0 Å². The molecule has 1 aromatic rings. The van der Waals surface area contributed by atoms with Crippen LogP contribution in [0.4, 0.5) is 10.5 Å². The molecule has 3 fully saturated rings. The summed E-state index contributed by atoms with van der Waals surface area (Å²) in [6.45, 7) is 9.05. The number of urea groups is 1. The first-order valence-corrected chi connectivity index (χ1v) is 10.1. The Bertz CT molecular complexity index is 993. The summed E-state index contributed by atoms with van der Waals surface area (Å²) < 4.78 is -0.134. The molecular formula is C21H24ClN4O3+. The number of quaternary nitrogens is 1. The van der Waals surface area contributed by atoms with Gasteiger partial charge in [-0.1, -0.05) is 32.4 Å². The molecule has 4 atom stereocenters. The van der Waals surface area contributed by atoms with E-state index in [4.69, 9.17) is 11.6 Å². The van der Waals surface area contributed by atoms with E-state index in [0.717, 1.165) is 0 Å². The highest BCUT2D eigenvalue weighted by atomic mass is 35.5. The fraction of sp³-hybridized carbons (Fsp3) is 0.524. The summed E-state index contributed by atoms with van der Waals surface area (Å²) in [7, 11) is 0. The number of benzene rings is 1. The number of hydrogen-bond acceptors (Lipinski definition) is 5. The van der Waals surface area contributed by atoms with Crippen molar-refractivity contribution in [1.82, 2.24) is 4.90 Å². The van der Waals surface area contributed by atoms with Crippen molar-refractivity contribution in [2.24, 2.45) is 5.41 Å². The average Bonchev–Trinajstić information content (AvgIpc) is 3.26. The Hall–Kier alpha value is -2.27. The Morgan fingerprint density at radius 2 is 2.00 bits per heavy atom. The molecule has 3 saturated heterocycles. The molecule has 3 heterocycles. The standard InChI is InChI=1S/C21H24ClN4O3/c1-12-14(6-5-13(8-23)18(12)22)25-19(28)16-10-24-9-15(17(27)7-21(2,3)4)26(16,11-24)20(25)29/h5-6,15-16H,7,9-11H2,1-4H3/q+1. The van der Waals surface area contributed by atoms with Gasteiger partial charge in [-0.3, -0.25) is 9.59 Å². The number of ketones is 1. The van der Waals surface area contributed by atoms with Gasteiger partial charge in [0.15, 0.2) is 17.9 Å². The molecule has 7 nitrogen and oxygen atoms in total. The summed E-state index contributed by atoms with van der Waals surface area (Å²) in [4.78, 5) is 43.3. The smallest absolute Gasteiger partial charge is 0.293 e. The molecule has 29 heavy (non-hydrogen) atoms. The lowest BCUT2D eigenvalue weighted by molar-refractivity contribution is -0.853. The summed E-state index contributed by atoms with van der Waals surface area (Å²) >= 11 is 6.28. The lowest BCUT2D eigenvalue weighted by Crippen LogP contribution is -2.62. The maximum absolute atomic E-state index is 13.7. The van der Waals surface area contributed by atoms with Gasteiger partial charge in [0.05, 0.1) is 29.4 Å². The van der Waals surface area contributed by atoms with Crippen molar-refractivity contribution in [3.8, 4) is 6.07 Å². The van der Waals surface area contributed by atoms with Gasteiger partial charge in [0, 0.05) is 6.42 Å². The van der Waals surface area contributed by atoms with Crippen molar-refractivity contribution >= 4 is 35.0 Å². The van der Waals surface area contributed by atoms with E-state index in [1.807, 2.05) is 31.7 Å². The van der Waals surface area contributed by atoms with Crippen LogP contribution in [0.2, 0.25) is 5.02 Å². The van der Waals surface area contributed by atoms with Crippen LogP contribution >= 0.6 is 11.6 Å².